The minimum Gasteiger partial charge on any atom is -0.493 e. The van der Waals surface area contributed by atoms with E-state index in [2.05, 4.69) is 16.3 Å². The van der Waals surface area contributed by atoms with Gasteiger partial charge >= 0.3 is 0 Å². The number of benzene rings is 1. The summed E-state index contributed by atoms with van der Waals surface area (Å²) in [5.41, 5.74) is 7.78. The number of amides is 1. The van der Waals surface area contributed by atoms with Gasteiger partial charge in [-0.1, -0.05) is 6.07 Å². The molecule has 5 heteroatoms. The molecule has 1 atom stereocenters. The number of carbonyl (C=O) groups excluding carboxylic acids is 1. The maximum Gasteiger partial charge on any atom is 0.239 e. The second-order valence-corrected chi connectivity index (χ2v) is 5.06. The average Bonchev–Trinajstić information content (AvgIpc) is 2.87. The summed E-state index contributed by atoms with van der Waals surface area (Å²) in [5.74, 6) is 0.660. The number of piperazine rings is 1. The first-order valence-electron chi connectivity index (χ1n) is 6.75. The molecule has 1 unspecified atom stereocenters. The van der Waals surface area contributed by atoms with Crippen molar-refractivity contribution in [3.05, 3.63) is 29.3 Å². The van der Waals surface area contributed by atoms with Crippen molar-refractivity contribution in [1.82, 2.24) is 10.2 Å². The summed E-state index contributed by atoms with van der Waals surface area (Å²) in [6, 6.07) is 5.66. The Morgan fingerprint density at radius 2 is 2.16 bits per heavy atom. The zero-order valence-corrected chi connectivity index (χ0v) is 10.9. The molecule has 2 heterocycles. The van der Waals surface area contributed by atoms with Gasteiger partial charge in [0.15, 0.2) is 0 Å². The molecule has 5 nitrogen and oxygen atoms in total. The number of primary amides is 1. The lowest BCUT2D eigenvalue weighted by atomic mass is 10.00. The number of nitrogens with one attached hydrogen (secondary N) is 1. The first-order valence-corrected chi connectivity index (χ1v) is 6.75. The lowest BCUT2D eigenvalue weighted by Gasteiger charge is -2.33. The standard InChI is InChI=1S/C14H19N3O2/c15-14(18)13(17-6-4-16-5-7-17)11-1-2-12-10(9-11)3-8-19-12/h1-2,9,13,16H,3-8H2,(H2,15,18). The van der Waals surface area contributed by atoms with E-state index in [0.29, 0.717) is 0 Å². The summed E-state index contributed by atoms with van der Waals surface area (Å²) < 4.78 is 5.50. The quantitative estimate of drug-likeness (QED) is 0.807. The minimum absolute atomic E-state index is 0.277. The van der Waals surface area contributed by atoms with Crippen molar-refractivity contribution in [3.8, 4) is 5.75 Å². The second-order valence-electron chi connectivity index (χ2n) is 5.06. The fraction of sp³-hybridized carbons (Fsp3) is 0.500. The Morgan fingerprint density at radius 3 is 2.89 bits per heavy atom. The largest absolute Gasteiger partial charge is 0.493 e. The zero-order chi connectivity index (χ0) is 13.2. The number of hydrogen-bond donors (Lipinski definition) is 2. The lowest BCUT2D eigenvalue weighted by molar-refractivity contribution is -0.123. The van der Waals surface area contributed by atoms with E-state index >= 15 is 0 Å². The SMILES string of the molecule is NC(=O)C(c1ccc2c(c1)CCO2)N1CCNCC1. The summed E-state index contributed by atoms with van der Waals surface area (Å²) in [6.45, 7) is 4.23. The van der Waals surface area contributed by atoms with Crippen molar-refractivity contribution < 1.29 is 9.53 Å². The van der Waals surface area contributed by atoms with Gasteiger partial charge in [-0.25, -0.2) is 0 Å². The van der Waals surface area contributed by atoms with Crippen LogP contribution in [0, 0.1) is 0 Å². The lowest BCUT2D eigenvalue weighted by Crippen LogP contribution is -2.48. The Labute approximate surface area is 112 Å². The van der Waals surface area contributed by atoms with Crippen LogP contribution in [0.1, 0.15) is 17.2 Å². The molecule has 0 bridgehead atoms. The monoisotopic (exact) mass is 261 g/mol. The number of nitrogens with two attached hydrogens (primary N) is 1. The molecule has 0 saturated carbocycles. The van der Waals surface area contributed by atoms with E-state index in [1.54, 1.807) is 0 Å². The first kappa shape index (κ1) is 12.4. The van der Waals surface area contributed by atoms with Crippen LogP contribution in [-0.2, 0) is 11.2 Å². The number of fused-ring (bicyclic) bond motifs is 1. The highest BCUT2D eigenvalue weighted by molar-refractivity contribution is 5.81. The molecule has 2 aliphatic rings. The van der Waals surface area contributed by atoms with E-state index in [1.807, 2.05) is 12.1 Å². The van der Waals surface area contributed by atoms with Crippen LogP contribution in [0.25, 0.3) is 0 Å². The predicted octanol–water partition coefficient (Wildman–Crippen LogP) is 0.0531. The van der Waals surface area contributed by atoms with Gasteiger partial charge in [-0.3, -0.25) is 9.69 Å². The molecule has 0 radical (unpaired) electrons. The van der Waals surface area contributed by atoms with Crippen LogP contribution in [0.2, 0.25) is 0 Å². The summed E-state index contributed by atoms with van der Waals surface area (Å²) in [7, 11) is 0. The minimum atomic E-state index is -0.326. The van der Waals surface area contributed by atoms with E-state index in [0.717, 1.165) is 50.5 Å². The second kappa shape index (κ2) is 5.19. The number of rotatable bonds is 3. The van der Waals surface area contributed by atoms with Crippen molar-refractivity contribution in [2.45, 2.75) is 12.5 Å². The molecule has 2 aliphatic heterocycles. The Balaban J connectivity index is 1.89. The highest BCUT2D eigenvalue weighted by atomic mass is 16.5. The van der Waals surface area contributed by atoms with Crippen molar-refractivity contribution in [2.24, 2.45) is 5.73 Å². The van der Waals surface area contributed by atoms with E-state index < -0.39 is 0 Å². The van der Waals surface area contributed by atoms with E-state index in [9.17, 15) is 4.79 Å². The average molecular weight is 261 g/mol. The molecule has 1 fully saturated rings. The zero-order valence-electron chi connectivity index (χ0n) is 10.9. The third kappa shape index (κ3) is 2.43. The van der Waals surface area contributed by atoms with Crippen LogP contribution in [0.15, 0.2) is 18.2 Å². The highest BCUT2D eigenvalue weighted by Crippen LogP contribution is 2.30. The Morgan fingerprint density at radius 1 is 1.37 bits per heavy atom. The third-order valence-corrected chi connectivity index (χ3v) is 3.82. The van der Waals surface area contributed by atoms with Gasteiger partial charge < -0.3 is 15.8 Å². The fourth-order valence-corrected chi connectivity index (χ4v) is 2.87. The molecule has 0 aromatic heterocycles. The van der Waals surface area contributed by atoms with Gasteiger partial charge in [-0.05, 0) is 23.3 Å². The van der Waals surface area contributed by atoms with Crippen molar-refractivity contribution in [1.29, 1.82) is 0 Å². The van der Waals surface area contributed by atoms with Crippen LogP contribution >= 0.6 is 0 Å². The molecule has 3 N–H and O–H groups in total. The van der Waals surface area contributed by atoms with Gasteiger partial charge in [-0.2, -0.15) is 0 Å². The van der Waals surface area contributed by atoms with E-state index in [4.69, 9.17) is 10.5 Å². The van der Waals surface area contributed by atoms with E-state index in [-0.39, 0.29) is 11.9 Å². The number of ether oxygens (including phenoxy) is 1. The fourth-order valence-electron chi connectivity index (χ4n) is 2.87. The summed E-state index contributed by atoms with van der Waals surface area (Å²) >= 11 is 0. The molecule has 102 valence electrons. The van der Waals surface area contributed by atoms with Gasteiger partial charge in [0.25, 0.3) is 0 Å². The molecule has 0 aliphatic carbocycles. The van der Waals surface area contributed by atoms with Crippen LogP contribution in [0.3, 0.4) is 0 Å². The normalized spacial score (nSPS) is 20.6. The molecule has 3 rings (SSSR count). The van der Waals surface area contributed by atoms with E-state index in [1.165, 1.54) is 5.56 Å². The van der Waals surface area contributed by atoms with Crippen LogP contribution in [0.5, 0.6) is 5.75 Å². The predicted molar refractivity (Wildman–Crippen MR) is 72.0 cm³/mol. The van der Waals surface area contributed by atoms with Gasteiger partial charge in [0.05, 0.1) is 6.61 Å². The molecule has 0 spiro atoms. The van der Waals surface area contributed by atoms with Gasteiger partial charge in [0.1, 0.15) is 11.8 Å². The molecule has 1 aromatic carbocycles. The van der Waals surface area contributed by atoms with Crippen LogP contribution in [0.4, 0.5) is 0 Å². The number of carbonyl (C=O) groups is 1. The molecule has 1 amide bonds. The number of nitrogens with zero attached hydrogens (tertiary/aromatic N) is 1. The Bertz CT molecular complexity index is 484. The Kier molecular flexibility index (Phi) is 3.40. The smallest absolute Gasteiger partial charge is 0.239 e. The molecule has 1 saturated heterocycles. The highest BCUT2D eigenvalue weighted by Gasteiger charge is 2.28. The van der Waals surface area contributed by atoms with Gasteiger partial charge in [-0.15, -0.1) is 0 Å². The van der Waals surface area contributed by atoms with Gasteiger partial charge in [0, 0.05) is 32.6 Å². The van der Waals surface area contributed by atoms with Crippen LogP contribution in [-0.4, -0.2) is 43.6 Å². The topological polar surface area (TPSA) is 67.6 Å². The Hall–Kier alpha value is -1.59. The van der Waals surface area contributed by atoms with Crippen molar-refractivity contribution in [2.75, 3.05) is 32.8 Å². The molecule has 19 heavy (non-hydrogen) atoms. The summed E-state index contributed by atoms with van der Waals surface area (Å²) in [6.07, 6.45) is 0.913. The number of hydrogen-bond acceptors (Lipinski definition) is 4. The molecular formula is C14H19N3O2. The summed E-state index contributed by atoms with van der Waals surface area (Å²) in [5, 5.41) is 3.29. The maximum absolute atomic E-state index is 11.8. The first-order chi connectivity index (χ1) is 9.25. The van der Waals surface area contributed by atoms with Gasteiger partial charge in [0.2, 0.25) is 5.91 Å². The van der Waals surface area contributed by atoms with Crippen molar-refractivity contribution in [3.63, 3.8) is 0 Å². The van der Waals surface area contributed by atoms with Crippen molar-refractivity contribution >= 4 is 5.91 Å². The van der Waals surface area contributed by atoms with Crippen LogP contribution < -0.4 is 15.8 Å². The molecule has 1 aromatic rings. The third-order valence-electron chi connectivity index (χ3n) is 3.82. The maximum atomic E-state index is 11.8. The summed E-state index contributed by atoms with van der Waals surface area (Å²) in [4.78, 5) is 14.0. The molecular weight excluding hydrogens is 242 g/mol.